The molecule has 0 radical (unpaired) electrons. The Morgan fingerprint density at radius 1 is 1.14 bits per heavy atom. The minimum Gasteiger partial charge on any atom is -0.507 e. The minimum absolute atomic E-state index is 0.0455. The van der Waals surface area contributed by atoms with Crippen molar-refractivity contribution in [2.24, 2.45) is 0 Å². The van der Waals surface area contributed by atoms with Crippen molar-refractivity contribution in [1.82, 2.24) is 4.90 Å². The fourth-order valence-corrected chi connectivity index (χ4v) is 4.79. The van der Waals surface area contributed by atoms with E-state index in [2.05, 4.69) is 6.92 Å². The third kappa shape index (κ3) is 4.49. The maximum absolute atomic E-state index is 13.3. The molecule has 7 heteroatoms. The average molecular weight is 488 g/mol. The SMILES string of the molecule is CCCCOc1cccc([C@H]2C(=C(O)c3ccc4c(c3)C[C@@H](C)O4)C(=O)C(=O)N2Cc2ccco2)c1. The zero-order valence-electron chi connectivity index (χ0n) is 20.4. The van der Waals surface area contributed by atoms with Crippen molar-refractivity contribution < 1.29 is 28.6 Å². The van der Waals surface area contributed by atoms with Gasteiger partial charge in [-0.1, -0.05) is 25.5 Å². The van der Waals surface area contributed by atoms with Gasteiger partial charge in [-0.3, -0.25) is 9.59 Å². The Kier molecular flexibility index (Phi) is 6.55. The van der Waals surface area contributed by atoms with Crippen LogP contribution < -0.4 is 9.47 Å². The van der Waals surface area contributed by atoms with Gasteiger partial charge in [-0.2, -0.15) is 0 Å². The van der Waals surface area contributed by atoms with Crippen LogP contribution in [0, 0.1) is 0 Å². The predicted octanol–water partition coefficient (Wildman–Crippen LogP) is 5.40. The molecule has 7 nitrogen and oxygen atoms in total. The highest BCUT2D eigenvalue weighted by molar-refractivity contribution is 6.46. The molecule has 36 heavy (non-hydrogen) atoms. The average Bonchev–Trinajstić information content (AvgIpc) is 3.58. The van der Waals surface area contributed by atoms with Crippen LogP contribution in [0.1, 0.15) is 55.2 Å². The molecule has 2 aromatic carbocycles. The summed E-state index contributed by atoms with van der Waals surface area (Å²) in [5, 5.41) is 11.4. The van der Waals surface area contributed by atoms with Crippen molar-refractivity contribution in [3.05, 3.63) is 88.9 Å². The van der Waals surface area contributed by atoms with E-state index < -0.39 is 17.7 Å². The standard InChI is InChI=1S/C29H29NO6/c1-3-4-12-34-22-8-5-7-19(16-22)26-25(28(32)29(33)30(26)17-23-9-6-13-35-23)27(31)20-10-11-24-21(15-20)14-18(2)36-24/h5-11,13,15-16,18,26,31H,3-4,12,14,17H2,1-2H3/t18-,26+/m1/s1. The number of hydrogen-bond donors (Lipinski definition) is 1. The van der Waals surface area contributed by atoms with Gasteiger partial charge >= 0.3 is 0 Å². The molecule has 1 N–H and O–H groups in total. The largest absolute Gasteiger partial charge is 0.507 e. The summed E-state index contributed by atoms with van der Waals surface area (Å²) in [7, 11) is 0. The molecular formula is C29H29NO6. The third-order valence-corrected chi connectivity index (χ3v) is 6.56. The van der Waals surface area contributed by atoms with Crippen LogP contribution in [0.25, 0.3) is 5.76 Å². The number of aliphatic hydroxyl groups excluding tert-OH is 1. The quantitative estimate of drug-likeness (QED) is 0.198. The Balaban J connectivity index is 1.59. The molecule has 5 rings (SSSR count). The number of fused-ring (bicyclic) bond motifs is 1. The first-order chi connectivity index (χ1) is 17.5. The van der Waals surface area contributed by atoms with Crippen LogP contribution in [-0.4, -0.2) is 34.4 Å². The number of carbonyl (C=O) groups is 2. The molecule has 1 fully saturated rings. The number of ketones is 1. The number of likely N-dealkylation sites (tertiary alicyclic amines) is 1. The Bertz CT molecular complexity index is 1310. The molecule has 3 heterocycles. The summed E-state index contributed by atoms with van der Waals surface area (Å²) in [6, 6.07) is 15.4. The summed E-state index contributed by atoms with van der Waals surface area (Å²) >= 11 is 0. The minimum atomic E-state index is -0.798. The molecule has 1 saturated heterocycles. The molecule has 0 spiro atoms. The summed E-state index contributed by atoms with van der Waals surface area (Å²) in [6.45, 7) is 4.74. The number of unbranched alkanes of at least 4 members (excludes halogenated alkanes) is 1. The highest BCUT2D eigenvalue weighted by atomic mass is 16.5. The lowest BCUT2D eigenvalue weighted by Gasteiger charge is -2.25. The molecule has 0 bridgehead atoms. The number of benzene rings is 2. The van der Waals surface area contributed by atoms with Gasteiger partial charge in [0.25, 0.3) is 11.7 Å². The fraction of sp³-hybridized carbons (Fsp3) is 0.310. The highest BCUT2D eigenvalue weighted by Gasteiger charge is 2.46. The molecule has 0 aliphatic carbocycles. The van der Waals surface area contributed by atoms with E-state index in [0.29, 0.717) is 35.7 Å². The molecule has 0 saturated carbocycles. The number of Topliss-reactive ketones (excluding diaryl/α,β-unsaturated/α-hetero) is 1. The third-order valence-electron chi connectivity index (χ3n) is 6.56. The van der Waals surface area contributed by atoms with Crippen molar-refractivity contribution in [3.63, 3.8) is 0 Å². The maximum Gasteiger partial charge on any atom is 0.296 e. The van der Waals surface area contributed by atoms with E-state index in [1.807, 2.05) is 37.3 Å². The Labute approximate surface area is 209 Å². The first kappa shape index (κ1) is 23.7. The molecule has 2 atom stereocenters. The summed E-state index contributed by atoms with van der Waals surface area (Å²) in [6.07, 6.45) is 4.21. The van der Waals surface area contributed by atoms with E-state index in [1.165, 1.54) is 11.2 Å². The number of amides is 1. The zero-order chi connectivity index (χ0) is 25.2. The number of ether oxygens (including phenoxy) is 2. The predicted molar refractivity (Wildman–Crippen MR) is 134 cm³/mol. The lowest BCUT2D eigenvalue weighted by molar-refractivity contribution is -0.140. The smallest absolute Gasteiger partial charge is 0.296 e. The molecule has 1 aromatic heterocycles. The molecule has 1 amide bonds. The highest BCUT2D eigenvalue weighted by Crippen LogP contribution is 2.42. The fourth-order valence-electron chi connectivity index (χ4n) is 4.79. The number of rotatable bonds is 8. The Hall–Kier alpha value is -4.00. The number of carbonyl (C=O) groups excluding carboxylic acids is 2. The summed E-state index contributed by atoms with van der Waals surface area (Å²) in [5.74, 6) is 0.333. The summed E-state index contributed by atoms with van der Waals surface area (Å²) in [5.41, 5.74) is 2.15. The Morgan fingerprint density at radius 3 is 2.78 bits per heavy atom. The normalized spacial score (nSPS) is 20.4. The van der Waals surface area contributed by atoms with Crippen LogP contribution in [0.3, 0.4) is 0 Å². The number of furan rings is 1. The maximum atomic E-state index is 13.3. The van der Waals surface area contributed by atoms with Crippen LogP contribution in [-0.2, 0) is 22.6 Å². The van der Waals surface area contributed by atoms with Gasteiger partial charge in [-0.15, -0.1) is 0 Å². The lowest BCUT2D eigenvalue weighted by Crippen LogP contribution is -2.29. The van der Waals surface area contributed by atoms with Crippen molar-refractivity contribution in [2.45, 2.75) is 51.8 Å². The molecule has 3 aromatic rings. The van der Waals surface area contributed by atoms with Crippen LogP contribution in [0.15, 0.2) is 70.9 Å². The number of nitrogens with zero attached hydrogens (tertiary/aromatic N) is 1. The van der Waals surface area contributed by atoms with Gasteiger partial charge in [-0.25, -0.2) is 0 Å². The second-order valence-electron chi connectivity index (χ2n) is 9.24. The van der Waals surface area contributed by atoms with E-state index in [1.54, 1.807) is 24.3 Å². The first-order valence-corrected chi connectivity index (χ1v) is 12.3. The topological polar surface area (TPSA) is 89.2 Å². The van der Waals surface area contributed by atoms with Crippen LogP contribution >= 0.6 is 0 Å². The monoisotopic (exact) mass is 487 g/mol. The first-order valence-electron chi connectivity index (χ1n) is 12.3. The van der Waals surface area contributed by atoms with Gasteiger partial charge in [0.15, 0.2) is 0 Å². The van der Waals surface area contributed by atoms with Crippen LogP contribution in [0.4, 0.5) is 0 Å². The second-order valence-corrected chi connectivity index (χ2v) is 9.24. The van der Waals surface area contributed by atoms with E-state index in [4.69, 9.17) is 13.9 Å². The van der Waals surface area contributed by atoms with E-state index in [-0.39, 0.29) is 24.0 Å². The number of hydrogen-bond acceptors (Lipinski definition) is 6. The van der Waals surface area contributed by atoms with E-state index >= 15 is 0 Å². The van der Waals surface area contributed by atoms with Crippen molar-refractivity contribution in [2.75, 3.05) is 6.61 Å². The lowest BCUT2D eigenvalue weighted by atomic mass is 9.94. The van der Waals surface area contributed by atoms with Gasteiger partial charge in [0.2, 0.25) is 0 Å². The summed E-state index contributed by atoms with van der Waals surface area (Å²) < 4.78 is 17.1. The second kappa shape index (κ2) is 9.93. The van der Waals surface area contributed by atoms with Gasteiger partial charge in [0.1, 0.15) is 29.1 Å². The molecule has 2 aliphatic heterocycles. The van der Waals surface area contributed by atoms with E-state index in [9.17, 15) is 14.7 Å². The van der Waals surface area contributed by atoms with Gasteiger partial charge < -0.3 is 23.9 Å². The number of aliphatic hydroxyl groups is 1. The molecule has 186 valence electrons. The van der Waals surface area contributed by atoms with Gasteiger partial charge in [-0.05, 0) is 66.9 Å². The van der Waals surface area contributed by atoms with Crippen molar-refractivity contribution >= 4 is 17.4 Å². The zero-order valence-corrected chi connectivity index (χ0v) is 20.4. The van der Waals surface area contributed by atoms with Crippen molar-refractivity contribution in [3.8, 4) is 11.5 Å². The molecule has 2 aliphatic rings. The van der Waals surface area contributed by atoms with Gasteiger partial charge in [0.05, 0.1) is 31.0 Å². The molecule has 0 unspecified atom stereocenters. The van der Waals surface area contributed by atoms with Gasteiger partial charge in [0, 0.05) is 12.0 Å². The van der Waals surface area contributed by atoms with Crippen LogP contribution in [0.2, 0.25) is 0 Å². The Morgan fingerprint density at radius 2 is 2.00 bits per heavy atom. The summed E-state index contributed by atoms with van der Waals surface area (Å²) in [4.78, 5) is 28.0. The van der Waals surface area contributed by atoms with Crippen LogP contribution in [0.5, 0.6) is 11.5 Å². The van der Waals surface area contributed by atoms with E-state index in [0.717, 1.165) is 24.2 Å². The van der Waals surface area contributed by atoms with Crippen molar-refractivity contribution in [1.29, 1.82) is 0 Å². The molecular weight excluding hydrogens is 458 g/mol.